The topological polar surface area (TPSA) is 71.5 Å². The zero-order valence-electron chi connectivity index (χ0n) is 12.2. The third-order valence-electron chi connectivity index (χ3n) is 3.19. The number of ether oxygens (including phenoxy) is 1. The smallest absolute Gasteiger partial charge is 0.240 e. The van der Waals surface area contributed by atoms with Gasteiger partial charge in [0, 0.05) is 39.9 Å². The number of hydrogen-bond acceptors (Lipinski definition) is 5. The minimum absolute atomic E-state index is 0.0625. The van der Waals surface area contributed by atoms with Crippen LogP contribution in [0.5, 0.6) is 0 Å². The Balaban J connectivity index is 1.93. The van der Waals surface area contributed by atoms with E-state index in [1.54, 1.807) is 31.3 Å². The maximum absolute atomic E-state index is 12.3. The fraction of sp³-hybridized carbons (Fsp3) is 0.500. The minimum Gasteiger partial charge on any atom is -0.385 e. The van der Waals surface area contributed by atoms with Gasteiger partial charge in [0.05, 0.1) is 10.9 Å². The lowest BCUT2D eigenvalue weighted by atomic mass is 10.2. The van der Waals surface area contributed by atoms with Crippen LogP contribution in [-0.4, -0.2) is 49.4 Å². The van der Waals surface area contributed by atoms with Crippen molar-refractivity contribution >= 4 is 29.3 Å². The molecule has 0 fully saturated rings. The number of fused-ring (bicyclic) bond motifs is 1. The monoisotopic (exact) mass is 309 g/mol. The lowest BCUT2D eigenvalue weighted by Gasteiger charge is -2.29. The first-order valence-corrected chi connectivity index (χ1v) is 7.66. The third-order valence-corrected chi connectivity index (χ3v) is 4.38. The number of amides is 2. The highest BCUT2D eigenvalue weighted by Gasteiger charge is 2.33. The Morgan fingerprint density at radius 1 is 1.57 bits per heavy atom. The summed E-state index contributed by atoms with van der Waals surface area (Å²) in [6, 6.07) is 3.65. The summed E-state index contributed by atoms with van der Waals surface area (Å²) in [5.41, 5.74) is 0.796. The van der Waals surface area contributed by atoms with Crippen LogP contribution in [0.25, 0.3) is 0 Å². The molecule has 2 amide bonds. The minimum atomic E-state index is -0.417. The molecule has 0 aliphatic carbocycles. The lowest BCUT2D eigenvalue weighted by molar-refractivity contribution is -0.124. The van der Waals surface area contributed by atoms with Crippen LogP contribution in [0.1, 0.15) is 12.8 Å². The van der Waals surface area contributed by atoms with E-state index in [0.29, 0.717) is 13.2 Å². The molecule has 1 aromatic heterocycles. The predicted octanol–water partition coefficient (Wildman–Crippen LogP) is 1.06. The van der Waals surface area contributed by atoms with Gasteiger partial charge < -0.3 is 15.0 Å². The second-order valence-corrected chi connectivity index (χ2v) is 5.92. The highest BCUT2D eigenvalue weighted by atomic mass is 32.2. The fourth-order valence-corrected chi connectivity index (χ4v) is 3.27. The number of hydrogen-bond donors (Lipinski definition) is 1. The van der Waals surface area contributed by atoms with Crippen molar-refractivity contribution in [2.75, 3.05) is 32.2 Å². The molecule has 0 radical (unpaired) electrons. The second-order valence-electron chi connectivity index (χ2n) is 4.73. The molecule has 1 N–H and O–H groups in total. The summed E-state index contributed by atoms with van der Waals surface area (Å²) in [6.45, 7) is 1.17. The summed E-state index contributed by atoms with van der Waals surface area (Å²) >= 11 is 1.35. The maximum Gasteiger partial charge on any atom is 0.240 e. The summed E-state index contributed by atoms with van der Waals surface area (Å²) in [7, 11) is 3.34. The molecule has 0 spiro atoms. The van der Waals surface area contributed by atoms with Crippen molar-refractivity contribution in [3.05, 3.63) is 18.3 Å². The summed E-state index contributed by atoms with van der Waals surface area (Å²) < 4.78 is 4.92. The largest absolute Gasteiger partial charge is 0.385 e. The van der Waals surface area contributed by atoms with Crippen LogP contribution in [0.15, 0.2) is 23.4 Å². The van der Waals surface area contributed by atoms with Gasteiger partial charge in [-0.05, 0) is 18.6 Å². The van der Waals surface area contributed by atoms with Gasteiger partial charge in [0.25, 0.3) is 0 Å². The van der Waals surface area contributed by atoms with E-state index in [4.69, 9.17) is 4.74 Å². The number of carbonyl (C=O) groups excluding carboxylic acids is 2. The first kappa shape index (κ1) is 15.8. The van der Waals surface area contributed by atoms with E-state index < -0.39 is 5.25 Å². The zero-order chi connectivity index (χ0) is 15.2. The van der Waals surface area contributed by atoms with Crippen molar-refractivity contribution in [1.29, 1.82) is 0 Å². The number of pyridine rings is 1. The van der Waals surface area contributed by atoms with Crippen LogP contribution >= 0.6 is 11.8 Å². The average Bonchev–Trinajstić information content (AvgIpc) is 2.49. The average molecular weight is 309 g/mol. The van der Waals surface area contributed by atoms with Crippen LogP contribution in [0, 0.1) is 0 Å². The third kappa shape index (κ3) is 3.95. The van der Waals surface area contributed by atoms with Gasteiger partial charge in [0.2, 0.25) is 11.8 Å². The van der Waals surface area contributed by atoms with Gasteiger partial charge in [-0.25, -0.2) is 4.98 Å². The molecule has 21 heavy (non-hydrogen) atoms. The number of carbonyl (C=O) groups is 2. The van der Waals surface area contributed by atoms with Gasteiger partial charge in [-0.15, -0.1) is 0 Å². The molecule has 6 nitrogen and oxygen atoms in total. The Labute approximate surface area is 128 Å². The van der Waals surface area contributed by atoms with E-state index in [1.165, 1.54) is 11.8 Å². The van der Waals surface area contributed by atoms with Crippen LogP contribution in [0.4, 0.5) is 5.69 Å². The summed E-state index contributed by atoms with van der Waals surface area (Å²) in [4.78, 5) is 30.0. The Hall–Kier alpha value is -1.60. The summed E-state index contributed by atoms with van der Waals surface area (Å²) in [6.07, 6.45) is 2.62. The molecule has 2 rings (SSSR count). The molecule has 0 saturated heterocycles. The van der Waals surface area contributed by atoms with Crippen molar-refractivity contribution in [2.45, 2.75) is 23.1 Å². The van der Waals surface area contributed by atoms with Crippen LogP contribution < -0.4 is 10.2 Å². The van der Waals surface area contributed by atoms with Gasteiger partial charge in [0.1, 0.15) is 5.03 Å². The first-order valence-electron chi connectivity index (χ1n) is 6.78. The highest BCUT2D eigenvalue weighted by molar-refractivity contribution is 8.00. The fourth-order valence-electron chi connectivity index (χ4n) is 2.06. The maximum atomic E-state index is 12.3. The van der Waals surface area contributed by atoms with Crippen LogP contribution in [-0.2, 0) is 14.3 Å². The van der Waals surface area contributed by atoms with E-state index in [1.807, 2.05) is 6.07 Å². The Bertz CT molecular complexity index is 524. The molecular weight excluding hydrogens is 290 g/mol. The Morgan fingerprint density at radius 2 is 2.38 bits per heavy atom. The molecule has 0 unspecified atom stereocenters. The number of nitrogens with one attached hydrogen (secondary N) is 1. The first-order chi connectivity index (χ1) is 10.1. The molecule has 1 aliphatic heterocycles. The van der Waals surface area contributed by atoms with E-state index >= 15 is 0 Å². The van der Waals surface area contributed by atoms with Crippen molar-refractivity contribution in [2.24, 2.45) is 0 Å². The van der Waals surface area contributed by atoms with Gasteiger partial charge in [-0.1, -0.05) is 11.8 Å². The van der Waals surface area contributed by atoms with Gasteiger partial charge in [-0.2, -0.15) is 0 Å². The number of methoxy groups -OCH3 is 1. The van der Waals surface area contributed by atoms with Crippen LogP contribution in [0.3, 0.4) is 0 Å². The van der Waals surface area contributed by atoms with E-state index in [9.17, 15) is 9.59 Å². The molecular formula is C14H19N3O3S. The Kier molecular flexibility index (Phi) is 5.58. The highest BCUT2D eigenvalue weighted by Crippen LogP contribution is 2.37. The molecule has 1 aliphatic rings. The quantitative estimate of drug-likeness (QED) is 0.796. The van der Waals surface area contributed by atoms with Gasteiger partial charge >= 0.3 is 0 Å². The molecule has 1 atom stereocenters. The number of thioether (sulfide) groups is 1. The van der Waals surface area contributed by atoms with E-state index in [2.05, 4.69) is 10.3 Å². The Morgan fingerprint density at radius 3 is 3.14 bits per heavy atom. The molecule has 0 saturated carbocycles. The normalized spacial score (nSPS) is 17.5. The lowest BCUT2D eigenvalue weighted by Crippen LogP contribution is -2.41. The van der Waals surface area contributed by atoms with E-state index in [-0.39, 0.29) is 18.2 Å². The van der Waals surface area contributed by atoms with E-state index in [0.717, 1.165) is 17.1 Å². The van der Waals surface area contributed by atoms with Crippen LogP contribution in [0.2, 0.25) is 0 Å². The van der Waals surface area contributed by atoms with Gasteiger partial charge in [0.15, 0.2) is 0 Å². The van der Waals surface area contributed by atoms with Crippen molar-refractivity contribution < 1.29 is 14.3 Å². The second kappa shape index (κ2) is 7.42. The predicted molar refractivity (Wildman–Crippen MR) is 81.4 cm³/mol. The zero-order valence-corrected chi connectivity index (χ0v) is 13.0. The number of nitrogens with zero attached hydrogens (tertiary/aromatic N) is 2. The molecule has 0 aromatic carbocycles. The van der Waals surface area contributed by atoms with Crippen molar-refractivity contribution in [3.63, 3.8) is 0 Å². The molecule has 114 valence electrons. The SMILES string of the molecule is COCCCNC(=O)C[C@@H]1Sc2ncccc2N(C)C1=O. The molecule has 0 bridgehead atoms. The van der Waals surface area contributed by atoms with Crippen molar-refractivity contribution in [3.8, 4) is 0 Å². The summed E-state index contributed by atoms with van der Waals surface area (Å²) in [5.74, 6) is -0.183. The molecule has 7 heteroatoms. The summed E-state index contributed by atoms with van der Waals surface area (Å²) in [5, 5.41) is 3.17. The standard InChI is InChI=1S/C14H19N3O3S/c1-17-10-5-3-6-16-13(10)21-11(14(17)19)9-12(18)15-7-4-8-20-2/h3,5-6,11H,4,7-9H2,1-2H3,(H,15,18)/t11-/m0/s1. The number of aromatic nitrogens is 1. The van der Waals surface area contributed by atoms with Crippen molar-refractivity contribution in [1.82, 2.24) is 10.3 Å². The molecule has 2 heterocycles. The number of rotatable bonds is 6. The number of anilines is 1. The molecule has 1 aromatic rings. The van der Waals surface area contributed by atoms with Gasteiger partial charge in [-0.3, -0.25) is 9.59 Å².